The molecule has 1 saturated heterocycles. The first-order valence-corrected chi connectivity index (χ1v) is 3.94. The highest BCUT2D eigenvalue weighted by molar-refractivity contribution is 5.88. The van der Waals surface area contributed by atoms with Crippen LogP contribution in [0, 0.1) is 0 Å². The number of hydrogen-bond donors (Lipinski definition) is 1. The van der Waals surface area contributed by atoms with Crippen molar-refractivity contribution < 1.29 is 9.53 Å². The lowest BCUT2D eigenvalue weighted by molar-refractivity contribution is 0.181. The van der Waals surface area contributed by atoms with Gasteiger partial charge in [0.15, 0.2) is 0 Å². The smallest absolute Gasteiger partial charge is 0.415 e. The average Bonchev–Trinajstić information content (AvgIpc) is 2.51. The van der Waals surface area contributed by atoms with Crippen molar-refractivity contribution >= 4 is 17.7 Å². The second kappa shape index (κ2) is 2.93. The molecular formula is C8H9N3O2. The molecular weight excluding hydrogens is 170 g/mol. The van der Waals surface area contributed by atoms with Crippen molar-refractivity contribution in [2.24, 2.45) is 0 Å². The molecule has 0 bridgehead atoms. The van der Waals surface area contributed by atoms with Crippen LogP contribution in [0.2, 0.25) is 0 Å². The fraction of sp³-hybridized carbons (Fsp3) is 0.250. The lowest BCUT2D eigenvalue weighted by Crippen LogP contribution is -2.24. The van der Waals surface area contributed by atoms with Crippen LogP contribution in [0.15, 0.2) is 18.2 Å². The van der Waals surface area contributed by atoms with Crippen LogP contribution < -0.4 is 10.6 Å². The number of nitrogens with zero attached hydrogens (tertiary/aromatic N) is 2. The monoisotopic (exact) mass is 179 g/mol. The van der Waals surface area contributed by atoms with Gasteiger partial charge in [0.1, 0.15) is 18.2 Å². The van der Waals surface area contributed by atoms with E-state index in [1.165, 1.54) is 4.90 Å². The Kier molecular flexibility index (Phi) is 1.77. The molecule has 0 spiro atoms. The van der Waals surface area contributed by atoms with Gasteiger partial charge in [0.25, 0.3) is 0 Å². The Labute approximate surface area is 75.1 Å². The van der Waals surface area contributed by atoms with Gasteiger partial charge in [0, 0.05) is 0 Å². The van der Waals surface area contributed by atoms with Crippen molar-refractivity contribution in [2.45, 2.75) is 0 Å². The predicted molar refractivity (Wildman–Crippen MR) is 47.3 cm³/mol. The Bertz CT molecular complexity index is 340. The second-order valence-corrected chi connectivity index (χ2v) is 2.69. The third kappa shape index (κ3) is 1.40. The van der Waals surface area contributed by atoms with E-state index >= 15 is 0 Å². The summed E-state index contributed by atoms with van der Waals surface area (Å²) in [6.45, 7) is 0.949. The summed E-state index contributed by atoms with van der Waals surface area (Å²) >= 11 is 0. The SMILES string of the molecule is Nc1cccc(N2CCOC2=O)n1. The third-order valence-corrected chi connectivity index (χ3v) is 1.79. The van der Waals surface area contributed by atoms with E-state index in [1.807, 2.05) is 0 Å². The highest BCUT2D eigenvalue weighted by Gasteiger charge is 2.24. The molecule has 68 valence electrons. The molecule has 0 radical (unpaired) electrons. The van der Waals surface area contributed by atoms with E-state index in [9.17, 15) is 4.79 Å². The van der Waals surface area contributed by atoms with E-state index in [-0.39, 0.29) is 6.09 Å². The summed E-state index contributed by atoms with van der Waals surface area (Å²) in [4.78, 5) is 16.6. The van der Waals surface area contributed by atoms with Crippen LogP contribution in [-0.2, 0) is 4.74 Å². The number of aromatic nitrogens is 1. The van der Waals surface area contributed by atoms with Crippen LogP contribution in [0.3, 0.4) is 0 Å². The highest BCUT2D eigenvalue weighted by Crippen LogP contribution is 2.16. The molecule has 1 aromatic heterocycles. The highest BCUT2D eigenvalue weighted by atomic mass is 16.6. The van der Waals surface area contributed by atoms with E-state index in [0.29, 0.717) is 24.8 Å². The van der Waals surface area contributed by atoms with E-state index in [4.69, 9.17) is 10.5 Å². The molecule has 0 saturated carbocycles. The fourth-order valence-electron chi connectivity index (χ4n) is 1.19. The summed E-state index contributed by atoms with van der Waals surface area (Å²) in [7, 11) is 0. The summed E-state index contributed by atoms with van der Waals surface area (Å²) in [5, 5.41) is 0. The van der Waals surface area contributed by atoms with Gasteiger partial charge >= 0.3 is 6.09 Å². The molecule has 0 unspecified atom stereocenters. The van der Waals surface area contributed by atoms with Crippen molar-refractivity contribution in [1.29, 1.82) is 0 Å². The van der Waals surface area contributed by atoms with Crippen LogP contribution in [0.25, 0.3) is 0 Å². The minimum atomic E-state index is -0.363. The Morgan fingerprint density at radius 2 is 2.38 bits per heavy atom. The van der Waals surface area contributed by atoms with Gasteiger partial charge in [-0.3, -0.25) is 4.90 Å². The summed E-state index contributed by atoms with van der Waals surface area (Å²) < 4.78 is 4.77. The first-order chi connectivity index (χ1) is 6.27. The molecule has 5 nitrogen and oxygen atoms in total. The van der Waals surface area contributed by atoms with Gasteiger partial charge in [-0.1, -0.05) is 6.07 Å². The molecule has 0 atom stereocenters. The van der Waals surface area contributed by atoms with Crippen LogP contribution in [-0.4, -0.2) is 24.2 Å². The van der Waals surface area contributed by atoms with E-state index in [1.54, 1.807) is 18.2 Å². The maximum Gasteiger partial charge on any atom is 0.415 e. The molecule has 1 fully saturated rings. The van der Waals surface area contributed by atoms with Crippen molar-refractivity contribution in [3.63, 3.8) is 0 Å². The van der Waals surface area contributed by atoms with Crippen molar-refractivity contribution in [1.82, 2.24) is 4.98 Å². The zero-order valence-electron chi connectivity index (χ0n) is 6.93. The number of pyridine rings is 1. The number of anilines is 2. The minimum absolute atomic E-state index is 0.363. The molecule has 13 heavy (non-hydrogen) atoms. The Hall–Kier alpha value is -1.78. The molecule has 2 rings (SSSR count). The maximum absolute atomic E-state index is 11.1. The summed E-state index contributed by atoms with van der Waals surface area (Å²) in [6.07, 6.45) is -0.363. The van der Waals surface area contributed by atoms with Gasteiger partial charge in [0.05, 0.1) is 6.54 Å². The number of carbonyl (C=O) groups excluding carboxylic acids is 1. The maximum atomic E-state index is 11.1. The number of ether oxygens (including phenoxy) is 1. The normalized spacial score (nSPS) is 16.0. The van der Waals surface area contributed by atoms with Crippen LogP contribution >= 0.6 is 0 Å². The quantitative estimate of drug-likeness (QED) is 0.686. The van der Waals surface area contributed by atoms with Gasteiger partial charge in [-0.25, -0.2) is 9.78 Å². The molecule has 0 aromatic carbocycles. The zero-order valence-corrected chi connectivity index (χ0v) is 6.93. The number of carbonyl (C=O) groups is 1. The second-order valence-electron chi connectivity index (χ2n) is 2.69. The Morgan fingerprint density at radius 1 is 1.54 bits per heavy atom. The van der Waals surface area contributed by atoms with Crippen LogP contribution in [0.1, 0.15) is 0 Å². The first-order valence-electron chi connectivity index (χ1n) is 3.94. The standard InChI is InChI=1S/C8H9N3O2/c9-6-2-1-3-7(10-6)11-4-5-13-8(11)12/h1-3H,4-5H2,(H2,9,10). The summed E-state index contributed by atoms with van der Waals surface area (Å²) in [5.41, 5.74) is 5.48. The van der Waals surface area contributed by atoms with Crippen molar-refractivity contribution in [2.75, 3.05) is 23.8 Å². The lowest BCUT2D eigenvalue weighted by Gasteiger charge is -2.10. The van der Waals surface area contributed by atoms with Crippen molar-refractivity contribution in [3.05, 3.63) is 18.2 Å². The third-order valence-electron chi connectivity index (χ3n) is 1.79. The fourth-order valence-corrected chi connectivity index (χ4v) is 1.19. The van der Waals surface area contributed by atoms with Gasteiger partial charge in [-0.2, -0.15) is 0 Å². The average molecular weight is 179 g/mol. The van der Waals surface area contributed by atoms with Gasteiger partial charge in [-0.15, -0.1) is 0 Å². The molecule has 2 N–H and O–H groups in total. The lowest BCUT2D eigenvalue weighted by atomic mass is 10.4. The van der Waals surface area contributed by atoms with E-state index in [2.05, 4.69) is 4.98 Å². The topological polar surface area (TPSA) is 68.4 Å². The van der Waals surface area contributed by atoms with Crippen LogP contribution in [0.4, 0.5) is 16.4 Å². The number of hydrogen-bond acceptors (Lipinski definition) is 4. The molecule has 5 heteroatoms. The van der Waals surface area contributed by atoms with Gasteiger partial charge in [0.2, 0.25) is 0 Å². The number of nitrogen functional groups attached to an aromatic ring is 1. The van der Waals surface area contributed by atoms with Gasteiger partial charge in [-0.05, 0) is 12.1 Å². The largest absolute Gasteiger partial charge is 0.447 e. The molecule has 1 aliphatic rings. The molecule has 1 aromatic rings. The first kappa shape index (κ1) is 7.85. The summed E-state index contributed by atoms with van der Waals surface area (Å²) in [5.74, 6) is 0.944. The minimum Gasteiger partial charge on any atom is -0.447 e. The molecule has 2 heterocycles. The van der Waals surface area contributed by atoms with Crippen molar-refractivity contribution in [3.8, 4) is 0 Å². The number of amides is 1. The van der Waals surface area contributed by atoms with Gasteiger partial charge < -0.3 is 10.5 Å². The number of nitrogens with two attached hydrogens (primary N) is 1. The Morgan fingerprint density at radius 3 is 3.00 bits per heavy atom. The summed E-state index contributed by atoms with van der Waals surface area (Å²) in [6, 6.07) is 5.15. The zero-order chi connectivity index (χ0) is 9.26. The number of rotatable bonds is 1. The van der Waals surface area contributed by atoms with E-state index in [0.717, 1.165) is 0 Å². The van der Waals surface area contributed by atoms with E-state index < -0.39 is 0 Å². The number of cyclic esters (lactones) is 1. The predicted octanol–water partition coefficient (Wildman–Crippen LogP) is 0.620. The molecule has 1 aliphatic heterocycles. The van der Waals surface area contributed by atoms with Crippen LogP contribution in [0.5, 0.6) is 0 Å². The molecule has 0 aliphatic carbocycles. The Balaban J connectivity index is 2.29. The molecule has 1 amide bonds.